The first-order valence-electron chi connectivity index (χ1n) is 10.4. The van der Waals surface area contributed by atoms with E-state index >= 15 is 0 Å². The number of hydrogen-bond acceptors (Lipinski definition) is 10. The van der Waals surface area contributed by atoms with Gasteiger partial charge in [-0.2, -0.15) is 9.50 Å². The van der Waals surface area contributed by atoms with Crippen LogP contribution in [0.4, 0.5) is 0 Å². The van der Waals surface area contributed by atoms with E-state index in [1.165, 1.54) is 23.5 Å². The number of hydrogen-bond donors (Lipinski definition) is 0. The fourth-order valence-electron chi connectivity index (χ4n) is 3.48. The summed E-state index contributed by atoms with van der Waals surface area (Å²) in [5.74, 6) is 1.50. The molecule has 1 atom stereocenters. The predicted molar refractivity (Wildman–Crippen MR) is 129 cm³/mol. The third kappa shape index (κ3) is 5.08. The molecule has 1 aliphatic heterocycles. The smallest absolute Gasteiger partial charge is 0.256 e. The molecule has 1 amide bonds. The minimum atomic E-state index is -0.220. The highest BCUT2D eigenvalue weighted by Crippen LogP contribution is 2.29. The van der Waals surface area contributed by atoms with Gasteiger partial charge in [-0.25, -0.2) is 9.97 Å². The maximum atomic E-state index is 12.8. The third-order valence-electron chi connectivity index (χ3n) is 5.07. The Bertz CT molecular complexity index is 1260. The third-order valence-corrected chi connectivity index (χ3v) is 7.77. The number of benzene rings is 1. The number of fused-ring (bicyclic) bond motifs is 2. The van der Waals surface area contributed by atoms with Crippen molar-refractivity contribution in [3.63, 3.8) is 0 Å². The summed E-state index contributed by atoms with van der Waals surface area (Å²) < 4.78 is 15.5. The van der Waals surface area contributed by atoms with Crippen LogP contribution in [0.15, 0.2) is 39.8 Å². The van der Waals surface area contributed by atoms with Gasteiger partial charge in [-0.3, -0.25) is 4.79 Å². The van der Waals surface area contributed by atoms with Crippen LogP contribution < -0.4 is 4.74 Å². The van der Waals surface area contributed by atoms with Crippen molar-refractivity contribution in [1.29, 1.82) is 0 Å². The zero-order valence-corrected chi connectivity index (χ0v) is 20.6. The van der Waals surface area contributed by atoms with Crippen LogP contribution in [0.25, 0.3) is 16.0 Å². The summed E-state index contributed by atoms with van der Waals surface area (Å²) in [5.41, 5.74) is 1.77. The van der Waals surface area contributed by atoms with Crippen molar-refractivity contribution in [3.8, 4) is 5.88 Å². The van der Waals surface area contributed by atoms with E-state index in [4.69, 9.17) is 9.47 Å². The number of thioether (sulfide) groups is 2. The van der Waals surface area contributed by atoms with Gasteiger partial charge in [-0.1, -0.05) is 35.7 Å². The Balaban J connectivity index is 1.18. The standard InChI is InChI=1S/C21H22N6O3S3/c1-13-9-18(27-19(22-13)24-20(25-27)31-2)30-11-14-10-26(7-8-29-14)17(28)12-32-21-23-15-5-3-4-6-16(15)33-21/h3-6,9,14H,7-8,10-12H2,1-2H3. The van der Waals surface area contributed by atoms with E-state index in [9.17, 15) is 4.79 Å². The molecule has 0 spiro atoms. The molecular weight excluding hydrogens is 480 g/mol. The number of thiazole rings is 1. The summed E-state index contributed by atoms with van der Waals surface area (Å²) in [6.45, 7) is 3.74. The van der Waals surface area contributed by atoms with Crippen LogP contribution in [-0.4, -0.2) is 79.8 Å². The molecule has 0 N–H and O–H groups in total. The number of carbonyl (C=O) groups is 1. The molecule has 1 aliphatic rings. The first-order chi connectivity index (χ1) is 16.1. The van der Waals surface area contributed by atoms with E-state index in [-0.39, 0.29) is 12.0 Å². The Morgan fingerprint density at radius 1 is 1.30 bits per heavy atom. The molecule has 1 aromatic carbocycles. The van der Waals surface area contributed by atoms with Gasteiger partial charge in [0.25, 0.3) is 5.78 Å². The van der Waals surface area contributed by atoms with Crippen molar-refractivity contribution >= 4 is 56.8 Å². The van der Waals surface area contributed by atoms with Crippen molar-refractivity contribution in [2.75, 3.05) is 38.3 Å². The van der Waals surface area contributed by atoms with Crippen LogP contribution in [0.2, 0.25) is 0 Å². The van der Waals surface area contributed by atoms with Crippen LogP contribution in [0.5, 0.6) is 5.88 Å². The Morgan fingerprint density at radius 3 is 3.03 bits per heavy atom. The molecule has 4 aromatic rings. The average Bonchev–Trinajstić information content (AvgIpc) is 3.44. The molecule has 1 saturated heterocycles. The summed E-state index contributed by atoms with van der Waals surface area (Å²) in [6, 6.07) is 9.83. The lowest BCUT2D eigenvalue weighted by Crippen LogP contribution is -2.48. The summed E-state index contributed by atoms with van der Waals surface area (Å²) in [4.78, 5) is 28.0. The van der Waals surface area contributed by atoms with Crippen molar-refractivity contribution in [2.24, 2.45) is 0 Å². The lowest BCUT2D eigenvalue weighted by molar-refractivity contribution is -0.137. The van der Waals surface area contributed by atoms with Gasteiger partial charge in [0.15, 0.2) is 4.34 Å². The number of nitrogens with zero attached hydrogens (tertiary/aromatic N) is 6. The molecule has 33 heavy (non-hydrogen) atoms. The van der Waals surface area contributed by atoms with Gasteiger partial charge in [0, 0.05) is 18.3 Å². The molecule has 0 bridgehead atoms. The normalized spacial score (nSPS) is 16.5. The second-order valence-corrected chi connectivity index (χ2v) is 10.5. The Labute approximate surface area is 202 Å². The van der Waals surface area contributed by atoms with Gasteiger partial charge >= 0.3 is 0 Å². The number of amides is 1. The molecule has 9 nitrogen and oxygen atoms in total. The van der Waals surface area contributed by atoms with E-state index < -0.39 is 0 Å². The van der Waals surface area contributed by atoms with E-state index in [1.807, 2.05) is 48.4 Å². The van der Waals surface area contributed by atoms with E-state index in [1.54, 1.807) is 15.9 Å². The van der Waals surface area contributed by atoms with Crippen LogP contribution in [0.1, 0.15) is 5.69 Å². The van der Waals surface area contributed by atoms with Gasteiger partial charge < -0.3 is 14.4 Å². The second-order valence-electron chi connectivity index (χ2n) is 7.43. The van der Waals surface area contributed by atoms with Crippen LogP contribution >= 0.6 is 34.9 Å². The zero-order valence-electron chi connectivity index (χ0n) is 18.1. The first-order valence-corrected chi connectivity index (χ1v) is 13.4. The number of ether oxygens (including phenoxy) is 2. The molecule has 5 rings (SSSR count). The fraction of sp³-hybridized carbons (Fsp3) is 0.381. The van der Waals surface area contributed by atoms with Crippen molar-refractivity contribution in [1.82, 2.24) is 29.5 Å². The summed E-state index contributed by atoms with van der Waals surface area (Å²) >= 11 is 4.55. The van der Waals surface area contributed by atoms with E-state index in [2.05, 4.69) is 20.1 Å². The van der Waals surface area contributed by atoms with Gasteiger partial charge in [-0.05, 0) is 25.3 Å². The molecule has 0 saturated carbocycles. The maximum absolute atomic E-state index is 12.8. The van der Waals surface area contributed by atoms with Gasteiger partial charge in [-0.15, -0.1) is 16.4 Å². The summed E-state index contributed by atoms with van der Waals surface area (Å²) in [6.07, 6.45) is 1.70. The lowest BCUT2D eigenvalue weighted by atomic mass is 10.3. The molecular formula is C21H22N6O3S3. The Kier molecular flexibility index (Phi) is 6.67. The van der Waals surface area contributed by atoms with Crippen LogP contribution in [-0.2, 0) is 9.53 Å². The molecule has 1 fully saturated rings. The fourth-order valence-corrected chi connectivity index (χ4v) is 5.78. The first kappa shape index (κ1) is 22.4. The summed E-state index contributed by atoms with van der Waals surface area (Å²) in [5, 5.41) is 5.05. The number of carbonyl (C=O) groups excluding carboxylic acids is 1. The van der Waals surface area contributed by atoms with Gasteiger partial charge in [0.05, 0.1) is 29.1 Å². The molecule has 1 unspecified atom stereocenters. The molecule has 3 aromatic heterocycles. The Morgan fingerprint density at radius 2 is 2.18 bits per heavy atom. The Hall–Kier alpha value is -2.41. The second kappa shape index (κ2) is 9.84. The minimum absolute atomic E-state index is 0.0793. The highest BCUT2D eigenvalue weighted by molar-refractivity contribution is 8.01. The number of rotatable bonds is 7. The SMILES string of the molecule is CSc1nc2nc(C)cc(OCC3CN(C(=O)CSc4nc5ccccc5s4)CCO3)n2n1. The maximum Gasteiger partial charge on any atom is 0.256 e. The number of morpholine rings is 1. The van der Waals surface area contributed by atoms with Crippen molar-refractivity contribution < 1.29 is 14.3 Å². The number of aromatic nitrogens is 5. The van der Waals surface area contributed by atoms with E-state index in [0.29, 0.717) is 48.9 Å². The number of aryl methyl sites for hydroxylation is 1. The molecule has 0 aliphatic carbocycles. The summed E-state index contributed by atoms with van der Waals surface area (Å²) in [7, 11) is 0. The van der Waals surface area contributed by atoms with Gasteiger partial charge in [0.2, 0.25) is 16.9 Å². The van der Waals surface area contributed by atoms with Crippen molar-refractivity contribution in [2.45, 2.75) is 22.5 Å². The van der Waals surface area contributed by atoms with Crippen LogP contribution in [0, 0.1) is 6.92 Å². The lowest BCUT2D eigenvalue weighted by Gasteiger charge is -2.32. The van der Waals surface area contributed by atoms with Crippen LogP contribution in [0.3, 0.4) is 0 Å². The average molecular weight is 503 g/mol. The molecule has 172 valence electrons. The topological polar surface area (TPSA) is 94.7 Å². The quantitative estimate of drug-likeness (QED) is 0.353. The number of para-hydroxylation sites is 1. The molecule has 0 radical (unpaired) electrons. The van der Waals surface area contributed by atoms with E-state index in [0.717, 1.165) is 20.3 Å². The highest BCUT2D eigenvalue weighted by atomic mass is 32.2. The minimum Gasteiger partial charge on any atom is -0.475 e. The monoisotopic (exact) mass is 502 g/mol. The largest absolute Gasteiger partial charge is 0.475 e. The molecule has 12 heteroatoms. The highest BCUT2D eigenvalue weighted by Gasteiger charge is 2.25. The molecule has 4 heterocycles. The van der Waals surface area contributed by atoms with Gasteiger partial charge in [0.1, 0.15) is 12.7 Å². The predicted octanol–water partition coefficient (Wildman–Crippen LogP) is 3.16. The zero-order chi connectivity index (χ0) is 22.8. The van der Waals surface area contributed by atoms with Crippen molar-refractivity contribution in [3.05, 3.63) is 36.0 Å².